The van der Waals surface area contributed by atoms with E-state index in [0.717, 1.165) is 11.0 Å². The van der Waals surface area contributed by atoms with Crippen molar-refractivity contribution in [2.24, 2.45) is 0 Å². The fourth-order valence-electron chi connectivity index (χ4n) is 3.69. The minimum absolute atomic E-state index is 0.0224. The van der Waals surface area contributed by atoms with Crippen LogP contribution in [0.2, 0.25) is 0 Å². The average Bonchev–Trinajstić information content (AvgIpc) is 3.57. The van der Waals surface area contributed by atoms with Gasteiger partial charge in [-0.25, -0.2) is 9.67 Å². The number of aromatic amines is 1. The molecule has 14 heteroatoms. The van der Waals surface area contributed by atoms with E-state index in [-0.39, 0.29) is 30.2 Å². The minimum atomic E-state index is -2.88. The molecule has 0 spiro atoms. The van der Waals surface area contributed by atoms with Gasteiger partial charge in [-0.1, -0.05) is 36.4 Å². The maximum Gasteiger partial charge on any atom is 0.387 e. The number of aliphatic carboxylic acids is 1. The summed E-state index contributed by atoms with van der Waals surface area (Å²) in [4.78, 5) is 30.1. The quantitative estimate of drug-likeness (QED) is 0.186. The number of ether oxygens (including phenoxy) is 2. The van der Waals surface area contributed by atoms with Crippen molar-refractivity contribution < 1.29 is 41.7 Å². The van der Waals surface area contributed by atoms with Crippen molar-refractivity contribution >= 4 is 28.6 Å². The first-order valence-corrected chi connectivity index (χ1v) is 12.2. The van der Waals surface area contributed by atoms with E-state index in [2.05, 4.69) is 29.9 Å². The number of carboxylic acid groups (broad SMARTS) is 1. The number of carbonyl (C=O) groups excluding carboxylic acids is 1. The zero-order valence-electron chi connectivity index (χ0n) is 21.6. The van der Waals surface area contributed by atoms with Crippen molar-refractivity contribution in [2.75, 3.05) is 5.32 Å². The number of H-pyrrole nitrogens is 1. The number of hydrogen-bond donors (Lipinski definition) is 3. The van der Waals surface area contributed by atoms with Gasteiger partial charge < -0.3 is 24.9 Å². The fraction of sp³-hybridized carbons (Fsp3) is 0.143. The lowest BCUT2D eigenvalue weighted by molar-refractivity contribution is -0.136. The molecule has 5 aromatic rings. The van der Waals surface area contributed by atoms with Gasteiger partial charge in [-0.05, 0) is 47.5 Å². The van der Waals surface area contributed by atoms with Crippen LogP contribution in [0.15, 0.2) is 85.2 Å². The van der Waals surface area contributed by atoms with Gasteiger partial charge in [-0.15, -0.1) is 0 Å². The molecule has 0 unspecified atom stereocenters. The van der Waals surface area contributed by atoms with E-state index >= 15 is 0 Å². The Labute approximate surface area is 235 Å². The molecule has 0 atom stereocenters. The highest BCUT2D eigenvalue weighted by Crippen LogP contribution is 2.18. The third-order valence-corrected chi connectivity index (χ3v) is 5.48. The van der Waals surface area contributed by atoms with E-state index < -0.39 is 19.2 Å². The lowest BCUT2D eigenvalue weighted by atomic mass is 10.1. The number of nitrogens with one attached hydrogen (secondary N) is 2. The second-order valence-electron chi connectivity index (χ2n) is 8.59. The van der Waals surface area contributed by atoms with E-state index in [0.29, 0.717) is 22.8 Å². The molecule has 3 aromatic carbocycles. The molecule has 0 aliphatic rings. The summed E-state index contributed by atoms with van der Waals surface area (Å²) in [5.41, 5.74) is 3.43. The molecule has 2 aromatic heterocycles. The fourth-order valence-corrected chi connectivity index (χ4v) is 3.69. The molecule has 3 N–H and O–H groups in total. The second-order valence-corrected chi connectivity index (χ2v) is 8.59. The number of aromatic nitrogens is 4. The highest BCUT2D eigenvalue weighted by atomic mass is 19.3. The van der Waals surface area contributed by atoms with Gasteiger partial charge in [0.2, 0.25) is 11.9 Å². The van der Waals surface area contributed by atoms with Gasteiger partial charge >= 0.3 is 19.2 Å². The average molecular weight is 586 g/mol. The van der Waals surface area contributed by atoms with Gasteiger partial charge in [0.05, 0.1) is 42.0 Å². The highest BCUT2D eigenvalue weighted by Gasteiger charge is 2.10. The Morgan fingerprint density at radius 2 is 1.43 bits per heavy atom. The van der Waals surface area contributed by atoms with Gasteiger partial charge in [-0.3, -0.25) is 9.59 Å². The number of anilines is 1. The normalized spacial score (nSPS) is 10.8. The van der Waals surface area contributed by atoms with Crippen LogP contribution < -0.4 is 14.8 Å². The molecule has 1 amide bonds. The van der Waals surface area contributed by atoms with Crippen molar-refractivity contribution in [1.29, 1.82) is 0 Å². The smallest absolute Gasteiger partial charge is 0.387 e. The van der Waals surface area contributed by atoms with Crippen LogP contribution in [0.5, 0.6) is 11.5 Å². The van der Waals surface area contributed by atoms with E-state index in [1.54, 1.807) is 18.3 Å². The number of fused-ring (bicyclic) bond motifs is 1. The van der Waals surface area contributed by atoms with Crippen LogP contribution in [-0.2, 0) is 22.4 Å². The van der Waals surface area contributed by atoms with Gasteiger partial charge in [0.15, 0.2) is 0 Å². The Morgan fingerprint density at radius 1 is 0.857 bits per heavy atom. The second kappa shape index (κ2) is 13.8. The van der Waals surface area contributed by atoms with Crippen molar-refractivity contribution in [1.82, 2.24) is 19.7 Å². The number of imidazole rings is 1. The van der Waals surface area contributed by atoms with Crippen LogP contribution in [0.4, 0.5) is 23.2 Å². The van der Waals surface area contributed by atoms with Gasteiger partial charge in [-0.2, -0.15) is 22.7 Å². The van der Waals surface area contributed by atoms with Crippen molar-refractivity contribution in [3.8, 4) is 17.4 Å². The first kappa shape index (κ1) is 29.6. The molecule has 0 bridgehead atoms. The summed E-state index contributed by atoms with van der Waals surface area (Å²) in [5, 5.41) is 15.4. The first-order chi connectivity index (χ1) is 20.1. The van der Waals surface area contributed by atoms with Crippen LogP contribution in [-0.4, -0.2) is 50.0 Å². The maximum atomic E-state index is 12.2. The molecule has 0 radical (unpaired) electrons. The van der Waals surface area contributed by atoms with Gasteiger partial charge in [0, 0.05) is 0 Å². The summed E-state index contributed by atoms with van der Waals surface area (Å²) < 4.78 is 57.7. The lowest BCUT2D eigenvalue weighted by Gasteiger charge is -2.06. The number of rotatable bonds is 10. The number of para-hydroxylation sites is 2. The molecule has 10 nitrogen and oxygen atoms in total. The van der Waals surface area contributed by atoms with Crippen molar-refractivity contribution in [2.45, 2.75) is 26.1 Å². The largest absolute Gasteiger partial charge is 0.481 e. The monoisotopic (exact) mass is 585 g/mol. The number of hydrogen-bond acceptors (Lipinski definition) is 6. The Bertz CT molecular complexity index is 1590. The molecule has 218 valence electrons. The van der Waals surface area contributed by atoms with E-state index in [1.807, 2.05) is 24.3 Å². The SMILES string of the molecule is O=C(Cc1ccc(OC(F)F)cc1)Nc1cnn(-c2nc3ccccc3[nH]2)c1.O=C(O)Cc1ccc(OC(F)F)cc1. The van der Waals surface area contributed by atoms with Crippen molar-refractivity contribution in [3.63, 3.8) is 0 Å². The molecule has 0 saturated heterocycles. The molecular weight excluding hydrogens is 562 g/mol. The van der Waals surface area contributed by atoms with Crippen LogP contribution >= 0.6 is 0 Å². The summed E-state index contributed by atoms with van der Waals surface area (Å²) >= 11 is 0. The molecule has 0 fully saturated rings. The first-order valence-electron chi connectivity index (χ1n) is 12.2. The Morgan fingerprint density at radius 3 is 1.98 bits per heavy atom. The lowest BCUT2D eigenvalue weighted by Crippen LogP contribution is -2.14. The van der Waals surface area contributed by atoms with Crippen LogP contribution in [0.25, 0.3) is 17.0 Å². The number of benzene rings is 3. The number of amides is 1. The van der Waals surface area contributed by atoms with Gasteiger partial charge in [0.25, 0.3) is 0 Å². The third kappa shape index (κ3) is 8.81. The van der Waals surface area contributed by atoms with Crippen LogP contribution in [0.1, 0.15) is 11.1 Å². The molecule has 42 heavy (non-hydrogen) atoms. The molecule has 0 aliphatic heterocycles. The molecule has 0 saturated carbocycles. The van der Waals surface area contributed by atoms with E-state index in [1.165, 1.54) is 47.3 Å². The van der Waals surface area contributed by atoms with Crippen LogP contribution in [0, 0.1) is 0 Å². The van der Waals surface area contributed by atoms with Crippen LogP contribution in [0.3, 0.4) is 0 Å². The summed E-state index contributed by atoms with van der Waals surface area (Å²) in [6.07, 6.45) is 3.12. The molecule has 2 heterocycles. The summed E-state index contributed by atoms with van der Waals surface area (Å²) in [7, 11) is 0. The van der Waals surface area contributed by atoms with E-state index in [4.69, 9.17) is 5.11 Å². The number of nitrogens with zero attached hydrogens (tertiary/aromatic N) is 3. The summed E-state index contributed by atoms with van der Waals surface area (Å²) in [6, 6.07) is 19.0. The number of carboxylic acids is 1. The molecular formula is C28H23F4N5O5. The summed E-state index contributed by atoms with van der Waals surface area (Å²) in [5.74, 6) is -0.615. The molecule has 5 rings (SSSR count). The van der Waals surface area contributed by atoms with E-state index in [9.17, 15) is 27.2 Å². The zero-order valence-corrected chi connectivity index (χ0v) is 21.6. The Hall–Kier alpha value is -5.40. The number of alkyl halides is 4. The topological polar surface area (TPSA) is 131 Å². The van der Waals surface area contributed by atoms with Gasteiger partial charge in [0.1, 0.15) is 11.5 Å². The third-order valence-electron chi connectivity index (χ3n) is 5.48. The predicted octanol–water partition coefficient (Wildman–Crippen LogP) is 5.45. The summed E-state index contributed by atoms with van der Waals surface area (Å²) in [6.45, 7) is -5.74. The van der Waals surface area contributed by atoms with Crippen molar-refractivity contribution in [3.05, 3.63) is 96.3 Å². The Kier molecular flexibility index (Phi) is 9.71. The Balaban J connectivity index is 0.000000244. The number of halogens is 4. The minimum Gasteiger partial charge on any atom is -0.481 e. The maximum absolute atomic E-state index is 12.2. The number of carbonyl (C=O) groups is 2. The molecule has 0 aliphatic carbocycles. The highest BCUT2D eigenvalue weighted by molar-refractivity contribution is 5.92. The predicted molar refractivity (Wildman–Crippen MR) is 143 cm³/mol. The zero-order chi connectivity index (χ0) is 30.1. The standard InChI is InChI=1S/C19H15F2N5O2.C9H8F2O3/c20-18(21)28-14-7-5-12(6-8-14)9-17(27)23-13-10-22-26(11-13)19-24-15-3-1-2-4-16(15)25-19;10-9(11)14-7-3-1-6(2-4-7)5-8(12)13/h1-8,10-11,18H,9H2,(H,23,27)(H,24,25);1-4,9H,5H2,(H,12,13).